The van der Waals surface area contributed by atoms with Crippen LogP contribution in [0.25, 0.3) is 0 Å². The first-order valence-corrected chi connectivity index (χ1v) is 7.06. The first-order chi connectivity index (χ1) is 7.04. The average Bonchev–Trinajstić information content (AvgIpc) is 2.62. The van der Waals surface area contributed by atoms with E-state index < -0.39 is 0 Å². The molecule has 0 aromatic heterocycles. The fourth-order valence-corrected chi connectivity index (χ4v) is 3.42. The third-order valence-electron chi connectivity index (χ3n) is 3.01. The molecular formula is C12H25NOS. The van der Waals surface area contributed by atoms with Gasteiger partial charge in [0.15, 0.2) is 0 Å². The minimum Gasteiger partial charge on any atom is -0.377 e. The van der Waals surface area contributed by atoms with Gasteiger partial charge in [-0.05, 0) is 25.3 Å². The van der Waals surface area contributed by atoms with Crippen LogP contribution in [-0.4, -0.2) is 37.3 Å². The second-order valence-electron chi connectivity index (χ2n) is 5.38. The molecule has 3 heteroatoms. The van der Waals surface area contributed by atoms with Crippen molar-refractivity contribution in [3.05, 3.63) is 0 Å². The Bertz CT molecular complexity index is 173. The van der Waals surface area contributed by atoms with Crippen LogP contribution in [0.1, 0.15) is 33.6 Å². The molecule has 1 heterocycles. The van der Waals surface area contributed by atoms with Crippen LogP contribution in [0.5, 0.6) is 0 Å². The number of hydrogen-bond acceptors (Lipinski definition) is 3. The molecule has 0 bridgehead atoms. The molecule has 1 aliphatic heterocycles. The zero-order chi connectivity index (χ0) is 11.3. The van der Waals surface area contributed by atoms with E-state index in [-0.39, 0.29) is 0 Å². The van der Waals surface area contributed by atoms with Gasteiger partial charge in [-0.15, -0.1) is 0 Å². The fraction of sp³-hybridized carbons (Fsp3) is 1.00. The van der Waals surface area contributed by atoms with Gasteiger partial charge in [-0.1, -0.05) is 20.8 Å². The standard InChI is InChI=1S/C12H25NOS/c1-12(2,3)11(13-4)9-15-8-10-6-5-7-14-10/h10-11,13H,5-9H2,1-4H3. The lowest BCUT2D eigenvalue weighted by Gasteiger charge is -2.30. The predicted molar refractivity (Wildman–Crippen MR) is 68.6 cm³/mol. The number of rotatable bonds is 5. The summed E-state index contributed by atoms with van der Waals surface area (Å²) in [4.78, 5) is 0. The van der Waals surface area contributed by atoms with Gasteiger partial charge < -0.3 is 10.1 Å². The van der Waals surface area contributed by atoms with Gasteiger partial charge >= 0.3 is 0 Å². The highest BCUT2D eigenvalue weighted by atomic mass is 32.2. The van der Waals surface area contributed by atoms with Crippen LogP contribution < -0.4 is 5.32 Å². The van der Waals surface area contributed by atoms with Crippen LogP contribution in [0.15, 0.2) is 0 Å². The second kappa shape index (κ2) is 6.12. The smallest absolute Gasteiger partial charge is 0.0666 e. The molecule has 1 saturated heterocycles. The van der Waals surface area contributed by atoms with Gasteiger partial charge in [0.2, 0.25) is 0 Å². The number of thioether (sulfide) groups is 1. The molecule has 2 nitrogen and oxygen atoms in total. The Morgan fingerprint density at radius 2 is 2.20 bits per heavy atom. The van der Waals surface area contributed by atoms with Crippen LogP contribution in [0.4, 0.5) is 0 Å². The summed E-state index contributed by atoms with van der Waals surface area (Å²) in [6.07, 6.45) is 3.03. The van der Waals surface area contributed by atoms with Crippen LogP contribution in [0, 0.1) is 5.41 Å². The third kappa shape index (κ3) is 4.75. The Morgan fingerprint density at radius 1 is 1.47 bits per heavy atom. The van der Waals surface area contributed by atoms with Crippen LogP contribution in [-0.2, 0) is 4.74 Å². The molecule has 0 aliphatic carbocycles. The molecule has 0 radical (unpaired) electrons. The summed E-state index contributed by atoms with van der Waals surface area (Å²) >= 11 is 2.02. The molecule has 2 unspecified atom stereocenters. The molecule has 2 atom stereocenters. The second-order valence-corrected chi connectivity index (χ2v) is 6.45. The van der Waals surface area contributed by atoms with E-state index in [2.05, 4.69) is 33.1 Å². The topological polar surface area (TPSA) is 21.3 Å². The highest BCUT2D eigenvalue weighted by Gasteiger charge is 2.23. The highest BCUT2D eigenvalue weighted by molar-refractivity contribution is 7.99. The van der Waals surface area contributed by atoms with E-state index in [1.54, 1.807) is 0 Å². The summed E-state index contributed by atoms with van der Waals surface area (Å²) in [5.74, 6) is 2.34. The van der Waals surface area contributed by atoms with Crippen molar-refractivity contribution in [2.24, 2.45) is 5.41 Å². The van der Waals surface area contributed by atoms with Crippen molar-refractivity contribution in [3.8, 4) is 0 Å². The Morgan fingerprint density at radius 3 is 2.67 bits per heavy atom. The molecule has 0 spiro atoms. The normalized spacial score (nSPS) is 24.4. The minimum atomic E-state index is 0.346. The molecule has 1 rings (SSSR count). The number of ether oxygens (including phenoxy) is 1. The summed E-state index contributed by atoms with van der Waals surface area (Å²) in [5.41, 5.74) is 0.346. The molecule has 0 aromatic carbocycles. The van der Waals surface area contributed by atoms with Crippen molar-refractivity contribution in [1.82, 2.24) is 5.32 Å². The van der Waals surface area contributed by atoms with Gasteiger partial charge in [-0.3, -0.25) is 0 Å². The van der Waals surface area contributed by atoms with Crippen molar-refractivity contribution in [2.45, 2.75) is 45.8 Å². The molecule has 0 amide bonds. The fourth-order valence-electron chi connectivity index (χ4n) is 1.86. The van der Waals surface area contributed by atoms with Gasteiger partial charge in [0.1, 0.15) is 0 Å². The Balaban J connectivity index is 2.16. The molecule has 15 heavy (non-hydrogen) atoms. The van der Waals surface area contributed by atoms with Gasteiger partial charge in [0.25, 0.3) is 0 Å². The van der Waals surface area contributed by atoms with Gasteiger partial charge in [-0.2, -0.15) is 11.8 Å². The quantitative estimate of drug-likeness (QED) is 0.785. The van der Waals surface area contributed by atoms with E-state index >= 15 is 0 Å². The van der Waals surface area contributed by atoms with Crippen LogP contribution >= 0.6 is 11.8 Å². The Labute approximate surface area is 98.5 Å². The highest BCUT2D eigenvalue weighted by Crippen LogP contribution is 2.24. The summed E-state index contributed by atoms with van der Waals surface area (Å²) in [6.45, 7) is 7.85. The monoisotopic (exact) mass is 231 g/mol. The first kappa shape index (κ1) is 13.3. The summed E-state index contributed by atoms with van der Waals surface area (Å²) in [5, 5.41) is 3.41. The Kier molecular flexibility index (Phi) is 5.44. The maximum absolute atomic E-state index is 5.61. The largest absolute Gasteiger partial charge is 0.377 e. The van der Waals surface area contributed by atoms with Crippen molar-refractivity contribution in [1.29, 1.82) is 0 Å². The molecule has 1 aliphatic rings. The molecule has 0 aromatic rings. The lowest BCUT2D eigenvalue weighted by molar-refractivity contribution is 0.129. The first-order valence-electron chi connectivity index (χ1n) is 5.90. The minimum absolute atomic E-state index is 0.346. The van der Waals surface area contributed by atoms with E-state index in [1.165, 1.54) is 18.6 Å². The average molecular weight is 231 g/mol. The van der Waals surface area contributed by atoms with Gasteiger partial charge in [0.05, 0.1) is 6.10 Å². The SMILES string of the molecule is CNC(CSCC1CCCO1)C(C)(C)C. The molecule has 1 fully saturated rings. The van der Waals surface area contributed by atoms with E-state index in [4.69, 9.17) is 4.74 Å². The maximum atomic E-state index is 5.61. The third-order valence-corrected chi connectivity index (χ3v) is 4.18. The van der Waals surface area contributed by atoms with Crippen molar-refractivity contribution in [3.63, 3.8) is 0 Å². The van der Waals surface area contributed by atoms with E-state index in [0.717, 1.165) is 12.4 Å². The lowest BCUT2D eigenvalue weighted by Crippen LogP contribution is -2.40. The van der Waals surface area contributed by atoms with Gasteiger partial charge in [-0.25, -0.2) is 0 Å². The lowest BCUT2D eigenvalue weighted by atomic mass is 9.88. The van der Waals surface area contributed by atoms with Crippen molar-refractivity contribution < 1.29 is 4.74 Å². The summed E-state index contributed by atoms with van der Waals surface area (Å²) < 4.78 is 5.61. The molecule has 1 N–H and O–H groups in total. The zero-order valence-electron chi connectivity index (χ0n) is 10.5. The molecular weight excluding hydrogens is 206 g/mol. The summed E-state index contributed by atoms with van der Waals surface area (Å²) in [7, 11) is 2.06. The van der Waals surface area contributed by atoms with Gasteiger partial charge in [0, 0.05) is 24.2 Å². The number of hydrogen-bond donors (Lipinski definition) is 1. The number of nitrogens with one attached hydrogen (secondary N) is 1. The van der Waals surface area contributed by atoms with Crippen LogP contribution in [0.2, 0.25) is 0 Å². The van der Waals surface area contributed by atoms with Crippen molar-refractivity contribution in [2.75, 3.05) is 25.2 Å². The van der Waals surface area contributed by atoms with E-state index in [1.807, 2.05) is 11.8 Å². The van der Waals surface area contributed by atoms with Crippen molar-refractivity contribution >= 4 is 11.8 Å². The summed E-state index contributed by atoms with van der Waals surface area (Å²) in [6, 6.07) is 0.587. The Hall–Kier alpha value is 0.270. The predicted octanol–water partition coefficient (Wildman–Crippen LogP) is 2.53. The maximum Gasteiger partial charge on any atom is 0.0666 e. The molecule has 0 saturated carbocycles. The van der Waals surface area contributed by atoms with Crippen LogP contribution in [0.3, 0.4) is 0 Å². The van der Waals surface area contributed by atoms with E-state index in [9.17, 15) is 0 Å². The zero-order valence-corrected chi connectivity index (χ0v) is 11.3. The molecule has 90 valence electrons. The van der Waals surface area contributed by atoms with E-state index in [0.29, 0.717) is 17.6 Å².